The van der Waals surface area contributed by atoms with Gasteiger partial charge in [0.25, 0.3) is 0 Å². The molecule has 0 unspecified atom stereocenters. The average molecular weight is 183 g/mol. The Labute approximate surface area is 74.0 Å². The molecule has 0 fully saturated rings. The van der Waals surface area contributed by atoms with Crippen molar-refractivity contribution in [1.82, 2.24) is 14.4 Å². The van der Waals surface area contributed by atoms with Crippen molar-refractivity contribution >= 4 is 17.4 Å². The number of aromatic nitrogens is 3. The van der Waals surface area contributed by atoms with Gasteiger partial charge in [0.2, 0.25) is 5.78 Å². The molecule has 0 atom stereocenters. The standard InChI is InChI=1S/C7H7ClN4/c8-6-1-2-12-4-5(3-9)10-7(12)11-6/h1-2,4H,3,9H2. The molecule has 2 rings (SSSR count). The molecule has 0 bridgehead atoms. The van der Waals surface area contributed by atoms with Crippen molar-refractivity contribution in [3.63, 3.8) is 0 Å². The zero-order valence-electron chi connectivity index (χ0n) is 6.24. The van der Waals surface area contributed by atoms with Gasteiger partial charge in [-0.3, -0.25) is 4.40 Å². The number of imidazole rings is 1. The van der Waals surface area contributed by atoms with Crippen molar-refractivity contribution in [2.45, 2.75) is 6.54 Å². The van der Waals surface area contributed by atoms with E-state index in [0.29, 0.717) is 17.5 Å². The maximum Gasteiger partial charge on any atom is 0.235 e. The van der Waals surface area contributed by atoms with Crippen LogP contribution >= 0.6 is 11.6 Å². The van der Waals surface area contributed by atoms with Crippen LogP contribution < -0.4 is 5.73 Å². The summed E-state index contributed by atoms with van der Waals surface area (Å²) in [7, 11) is 0. The lowest BCUT2D eigenvalue weighted by atomic mass is 10.5. The van der Waals surface area contributed by atoms with E-state index in [2.05, 4.69) is 9.97 Å². The Hall–Kier alpha value is -1.13. The topological polar surface area (TPSA) is 56.2 Å². The van der Waals surface area contributed by atoms with Gasteiger partial charge in [-0.25, -0.2) is 9.97 Å². The second-order valence-corrected chi connectivity index (χ2v) is 2.78. The molecule has 0 aliphatic carbocycles. The third kappa shape index (κ3) is 1.15. The van der Waals surface area contributed by atoms with Crippen LogP contribution in [0.3, 0.4) is 0 Å². The summed E-state index contributed by atoms with van der Waals surface area (Å²) in [5.41, 5.74) is 6.23. The van der Waals surface area contributed by atoms with Crippen molar-refractivity contribution in [2.75, 3.05) is 0 Å². The van der Waals surface area contributed by atoms with E-state index < -0.39 is 0 Å². The summed E-state index contributed by atoms with van der Waals surface area (Å²) in [6.45, 7) is 0.418. The van der Waals surface area contributed by atoms with Gasteiger partial charge in [-0.1, -0.05) is 11.6 Å². The number of hydrogen-bond acceptors (Lipinski definition) is 3. The van der Waals surface area contributed by atoms with Crippen molar-refractivity contribution < 1.29 is 0 Å². The van der Waals surface area contributed by atoms with Gasteiger partial charge >= 0.3 is 0 Å². The van der Waals surface area contributed by atoms with E-state index in [9.17, 15) is 0 Å². The fourth-order valence-electron chi connectivity index (χ4n) is 0.999. The highest BCUT2D eigenvalue weighted by molar-refractivity contribution is 6.29. The van der Waals surface area contributed by atoms with Gasteiger partial charge in [-0.2, -0.15) is 0 Å². The third-order valence-corrected chi connectivity index (χ3v) is 1.76. The van der Waals surface area contributed by atoms with E-state index in [1.54, 1.807) is 16.7 Å². The zero-order valence-corrected chi connectivity index (χ0v) is 6.99. The van der Waals surface area contributed by atoms with Gasteiger partial charge < -0.3 is 5.73 Å². The fourth-order valence-corrected chi connectivity index (χ4v) is 1.13. The summed E-state index contributed by atoms with van der Waals surface area (Å²) < 4.78 is 1.79. The Morgan fingerprint density at radius 3 is 3.08 bits per heavy atom. The number of halogens is 1. The number of rotatable bonds is 1. The summed E-state index contributed by atoms with van der Waals surface area (Å²) in [4.78, 5) is 8.14. The van der Waals surface area contributed by atoms with Crippen LogP contribution in [-0.2, 0) is 6.54 Å². The quantitative estimate of drug-likeness (QED) is 0.665. The zero-order chi connectivity index (χ0) is 8.55. The second kappa shape index (κ2) is 2.73. The number of nitrogens with zero attached hydrogens (tertiary/aromatic N) is 3. The Balaban J connectivity index is 2.67. The van der Waals surface area contributed by atoms with Crippen molar-refractivity contribution in [3.05, 3.63) is 29.3 Å². The van der Waals surface area contributed by atoms with E-state index in [4.69, 9.17) is 17.3 Å². The Kier molecular flexibility index (Phi) is 1.71. The van der Waals surface area contributed by atoms with E-state index in [0.717, 1.165) is 5.69 Å². The lowest BCUT2D eigenvalue weighted by molar-refractivity contribution is 1.01. The van der Waals surface area contributed by atoms with Crippen LogP contribution in [0.1, 0.15) is 5.69 Å². The molecular formula is C7H7ClN4. The van der Waals surface area contributed by atoms with Crippen LogP contribution in [0, 0.1) is 0 Å². The Morgan fingerprint density at radius 1 is 1.50 bits per heavy atom. The molecule has 2 aromatic heterocycles. The predicted octanol–water partition coefficient (Wildman–Crippen LogP) is 0.841. The molecule has 0 saturated carbocycles. The van der Waals surface area contributed by atoms with Crippen LogP contribution in [0.25, 0.3) is 5.78 Å². The summed E-state index contributed by atoms with van der Waals surface area (Å²) >= 11 is 5.68. The van der Waals surface area contributed by atoms with Gasteiger partial charge in [0.05, 0.1) is 5.69 Å². The maximum absolute atomic E-state index is 5.68. The number of hydrogen-bond donors (Lipinski definition) is 1. The number of fused-ring (bicyclic) bond motifs is 1. The molecule has 2 aromatic rings. The molecule has 0 aromatic carbocycles. The molecule has 62 valence electrons. The van der Waals surface area contributed by atoms with Crippen LogP contribution in [0.2, 0.25) is 5.15 Å². The van der Waals surface area contributed by atoms with Crippen LogP contribution in [0.5, 0.6) is 0 Å². The molecule has 0 saturated heterocycles. The van der Waals surface area contributed by atoms with E-state index >= 15 is 0 Å². The minimum absolute atomic E-state index is 0.418. The van der Waals surface area contributed by atoms with E-state index in [1.807, 2.05) is 6.20 Å². The molecule has 5 heteroatoms. The molecule has 2 heterocycles. The first-order valence-corrected chi connectivity index (χ1v) is 3.87. The molecule has 0 aliphatic heterocycles. The van der Waals surface area contributed by atoms with Crippen molar-refractivity contribution in [2.24, 2.45) is 5.73 Å². The number of nitrogens with two attached hydrogens (primary N) is 1. The van der Waals surface area contributed by atoms with Crippen molar-refractivity contribution in [1.29, 1.82) is 0 Å². The smallest absolute Gasteiger partial charge is 0.235 e. The van der Waals surface area contributed by atoms with Crippen LogP contribution in [0.15, 0.2) is 18.5 Å². The van der Waals surface area contributed by atoms with Gasteiger partial charge in [-0.05, 0) is 6.07 Å². The summed E-state index contributed by atoms with van der Waals surface area (Å²) in [5.74, 6) is 0.586. The molecule has 2 N–H and O–H groups in total. The normalized spacial score (nSPS) is 10.8. The summed E-state index contributed by atoms with van der Waals surface area (Å²) in [6.07, 6.45) is 3.63. The highest BCUT2D eigenvalue weighted by Crippen LogP contribution is 2.07. The summed E-state index contributed by atoms with van der Waals surface area (Å²) in [6, 6.07) is 1.70. The van der Waals surface area contributed by atoms with Gasteiger partial charge in [0.1, 0.15) is 5.15 Å². The van der Waals surface area contributed by atoms with E-state index in [1.165, 1.54) is 0 Å². The molecule has 12 heavy (non-hydrogen) atoms. The van der Waals surface area contributed by atoms with Gasteiger partial charge in [0.15, 0.2) is 0 Å². The molecular weight excluding hydrogens is 176 g/mol. The summed E-state index contributed by atoms with van der Waals surface area (Å²) in [5, 5.41) is 0.441. The highest BCUT2D eigenvalue weighted by Gasteiger charge is 2.00. The molecule has 0 radical (unpaired) electrons. The molecule has 0 aliphatic rings. The monoisotopic (exact) mass is 182 g/mol. The lowest BCUT2D eigenvalue weighted by Crippen LogP contribution is -1.95. The first kappa shape index (κ1) is 7.52. The fraction of sp³-hybridized carbons (Fsp3) is 0.143. The Bertz CT molecular complexity index is 409. The van der Waals surface area contributed by atoms with Crippen LogP contribution in [0.4, 0.5) is 0 Å². The minimum Gasteiger partial charge on any atom is -0.325 e. The molecule has 0 amide bonds. The largest absolute Gasteiger partial charge is 0.325 e. The molecule has 0 spiro atoms. The first-order valence-electron chi connectivity index (χ1n) is 3.50. The lowest BCUT2D eigenvalue weighted by Gasteiger charge is -1.89. The first-order chi connectivity index (χ1) is 5.79. The predicted molar refractivity (Wildman–Crippen MR) is 45.9 cm³/mol. The Morgan fingerprint density at radius 2 is 2.33 bits per heavy atom. The SMILES string of the molecule is NCc1cn2ccc(Cl)nc2n1. The minimum atomic E-state index is 0.418. The van der Waals surface area contributed by atoms with Crippen molar-refractivity contribution in [3.8, 4) is 0 Å². The van der Waals surface area contributed by atoms with Crippen LogP contribution in [-0.4, -0.2) is 14.4 Å². The maximum atomic E-state index is 5.68. The van der Waals surface area contributed by atoms with Gasteiger partial charge in [0, 0.05) is 18.9 Å². The second-order valence-electron chi connectivity index (χ2n) is 2.39. The molecule has 4 nitrogen and oxygen atoms in total. The third-order valence-electron chi connectivity index (χ3n) is 1.55. The van der Waals surface area contributed by atoms with Gasteiger partial charge in [-0.15, -0.1) is 0 Å². The average Bonchev–Trinajstić information content (AvgIpc) is 2.46. The van der Waals surface area contributed by atoms with E-state index in [-0.39, 0.29) is 0 Å². The highest BCUT2D eigenvalue weighted by atomic mass is 35.5.